The summed E-state index contributed by atoms with van der Waals surface area (Å²) in [6, 6.07) is 8.90. The minimum atomic E-state index is -0.464. The molecule has 7 nitrogen and oxygen atoms in total. The van der Waals surface area contributed by atoms with Crippen LogP contribution in [0.4, 0.5) is 0 Å². The largest absolute Gasteiger partial charge is 0.458 e. The van der Waals surface area contributed by atoms with E-state index in [1.165, 1.54) is 6.08 Å². The zero-order valence-corrected chi connectivity index (χ0v) is 13.6. The fourth-order valence-electron chi connectivity index (χ4n) is 2.43. The number of aromatic amines is 1. The Morgan fingerprint density at radius 1 is 1.24 bits per heavy atom. The monoisotopic (exact) mass is 357 g/mol. The topological polar surface area (TPSA) is 86.3 Å². The van der Waals surface area contributed by atoms with Crippen LogP contribution in [-0.2, 0) is 16.1 Å². The van der Waals surface area contributed by atoms with Gasteiger partial charge in [-0.3, -0.25) is 0 Å². The molecule has 0 amide bonds. The van der Waals surface area contributed by atoms with Crippen LogP contribution in [0.3, 0.4) is 0 Å². The van der Waals surface area contributed by atoms with Gasteiger partial charge >= 0.3 is 5.97 Å². The maximum Gasteiger partial charge on any atom is 0.331 e. The van der Waals surface area contributed by atoms with Gasteiger partial charge in [0.15, 0.2) is 11.5 Å². The van der Waals surface area contributed by atoms with Crippen LogP contribution < -0.4 is 9.47 Å². The molecule has 1 aliphatic rings. The van der Waals surface area contributed by atoms with E-state index in [0.29, 0.717) is 16.5 Å². The first-order chi connectivity index (χ1) is 12.2. The Balaban J connectivity index is 1.40. The van der Waals surface area contributed by atoms with Crippen LogP contribution in [-0.4, -0.2) is 28.2 Å². The fourth-order valence-corrected chi connectivity index (χ4v) is 2.70. The lowest BCUT2D eigenvalue weighted by Gasteiger charge is -2.03. The minimum absolute atomic E-state index is 0.139. The van der Waals surface area contributed by atoms with Gasteiger partial charge in [-0.15, -0.1) is 0 Å². The van der Waals surface area contributed by atoms with Gasteiger partial charge in [0.25, 0.3) is 0 Å². The van der Waals surface area contributed by atoms with Gasteiger partial charge in [0.05, 0.1) is 5.02 Å². The molecule has 0 saturated heterocycles. The number of nitrogens with zero attached hydrogens (tertiary/aromatic N) is 2. The van der Waals surface area contributed by atoms with Crippen LogP contribution in [0.15, 0.2) is 36.4 Å². The average molecular weight is 358 g/mol. The molecule has 8 heteroatoms. The van der Waals surface area contributed by atoms with E-state index in [-0.39, 0.29) is 13.4 Å². The normalized spacial score (nSPS) is 12.8. The first-order valence-electron chi connectivity index (χ1n) is 7.42. The van der Waals surface area contributed by atoms with Gasteiger partial charge in [-0.05, 0) is 41.5 Å². The van der Waals surface area contributed by atoms with E-state index in [1.54, 1.807) is 18.2 Å². The fraction of sp³-hybridized carbons (Fsp3) is 0.118. The number of hydrogen-bond donors (Lipinski definition) is 1. The minimum Gasteiger partial charge on any atom is -0.458 e. The van der Waals surface area contributed by atoms with E-state index in [1.807, 2.05) is 18.2 Å². The molecule has 0 spiro atoms. The number of ether oxygens (including phenoxy) is 3. The number of carbonyl (C=O) groups excluding carboxylic acids is 1. The Hall–Kier alpha value is -3.06. The number of carbonyl (C=O) groups is 1. The molecule has 25 heavy (non-hydrogen) atoms. The average Bonchev–Trinajstić information content (AvgIpc) is 3.26. The van der Waals surface area contributed by atoms with Gasteiger partial charge in [0.2, 0.25) is 6.79 Å². The number of aromatic nitrogens is 3. The van der Waals surface area contributed by atoms with E-state index in [0.717, 1.165) is 22.2 Å². The molecule has 4 rings (SSSR count). The third kappa shape index (κ3) is 3.27. The Morgan fingerprint density at radius 2 is 2.12 bits per heavy atom. The molecule has 2 aromatic carbocycles. The lowest BCUT2D eigenvalue weighted by molar-refractivity contribution is -0.138. The molecule has 0 bridgehead atoms. The molecule has 1 aromatic heterocycles. The molecule has 0 fully saturated rings. The Bertz CT molecular complexity index is 983. The van der Waals surface area contributed by atoms with Gasteiger partial charge in [-0.25, -0.2) is 4.79 Å². The number of esters is 1. The number of fused-ring (bicyclic) bond motifs is 2. The highest BCUT2D eigenvalue weighted by Crippen LogP contribution is 2.40. The second-order valence-corrected chi connectivity index (χ2v) is 5.73. The summed E-state index contributed by atoms with van der Waals surface area (Å²) in [5.74, 6) is 0.611. The van der Waals surface area contributed by atoms with Gasteiger partial charge in [-0.2, -0.15) is 15.4 Å². The van der Waals surface area contributed by atoms with Crippen molar-refractivity contribution in [2.45, 2.75) is 6.61 Å². The summed E-state index contributed by atoms with van der Waals surface area (Å²) in [6.45, 7) is 0.286. The summed E-state index contributed by atoms with van der Waals surface area (Å²) >= 11 is 6.10. The number of halogens is 1. The summed E-state index contributed by atoms with van der Waals surface area (Å²) in [6.07, 6.45) is 2.94. The third-order valence-electron chi connectivity index (χ3n) is 3.62. The predicted molar refractivity (Wildman–Crippen MR) is 90.3 cm³/mol. The van der Waals surface area contributed by atoms with Crippen molar-refractivity contribution in [3.8, 4) is 11.5 Å². The first kappa shape index (κ1) is 15.5. The van der Waals surface area contributed by atoms with Crippen LogP contribution in [0.2, 0.25) is 5.02 Å². The van der Waals surface area contributed by atoms with E-state index in [9.17, 15) is 4.79 Å². The smallest absolute Gasteiger partial charge is 0.331 e. The molecule has 0 aliphatic carbocycles. The van der Waals surface area contributed by atoms with Crippen molar-refractivity contribution in [2.75, 3.05) is 6.79 Å². The van der Waals surface area contributed by atoms with Crippen LogP contribution in [0.1, 0.15) is 11.1 Å². The predicted octanol–water partition coefficient (Wildman–Crippen LogP) is 3.10. The van der Waals surface area contributed by atoms with Crippen molar-refractivity contribution in [3.05, 3.63) is 52.6 Å². The standard InChI is InChI=1S/C17H12ClN3O4/c18-12-5-10(7-15-17(12)25-9-24-15)2-4-16(22)23-8-11-1-3-13-14(6-11)20-21-19-13/h1-7H,8-9H2,(H,19,20,21)/b4-2+. The molecule has 0 saturated carbocycles. The summed E-state index contributed by atoms with van der Waals surface area (Å²) < 4.78 is 15.8. The molecule has 126 valence electrons. The molecule has 1 N–H and O–H groups in total. The Morgan fingerprint density at radius 3 is 3.04 bits per heavy atom. The maximum absolute atomic E-state index is 11.9. The second kappa shape index (κ2) is 6.45. The Labute approximate surface area is 147 Å². The molecular weight excluding hydrogens is 346 g/mol. The number of benzene rings is 2. The number of nitrogens with one attached hydrogen (secondary N) is 1. The Kier molecular flexibility index (Phi) is 3.99. The third-order valence-corrected chi connectivity index (χ3v) is 3.90. The number of rotatable bonds is 4. The molecule has 2 heterocycles. The SMILES string of the molecule is O=C(/C=C/c1cc(Cl)c2c(c1)OCO2)OCc1ccc2n[nH]nc2c1. The molecular formula is C17H12ClN3O4. The summed E-state index contributed by atoms with van der Waals surface area (Å²) in [4.78, 5) is 11.9. The van der Waals surface area contributed by atoms with Crippen LogP contribution in [0.25, 0.3) is 17.1 Å². The van der Waals surface area contributed by atoms with Crippen molar-refractivity contribution in [1.82, 2.24) is 15.4 Å². The quantitative estimate of drug-likeness (QED) is 0.570. The molecule has 3 aromatic rings. The van der Waals surface area contributed by atoms with Gasteiger partial charge in [-0.1, -0.05) is 17.7 Å². The first-order valence-corrected chi connectivity index (χ1v) is 7.80. The second-order valence-electron chi connectivity index (χ2n) is 5.32. The van der Waals surface area contributed by atoms with Crippen molar-refractivity contribution in [3.63, 3.8) is 0 Å². The van der Waals surface area contributed by atoms with Crippen molar-refractivity contribution >= 4 is 34.7 Å². The van der Waals surface area contributed by atoms with Gasteiger partial charge < -0.3 is 14.2 Å². The highest BCUT2D eigenvalue weighted by molar-refractivity contribution is 6.32. The summed E-state index contributed by atoms with van der Waals surface area (Å²) in [5.41, 5.74) is 3.03. The van der Waals surface area contributed by atoms with E-state index in [4.69, 9.17) is 25.8 Å². The number of hydrogen-bond acceptors (Lipinski definition) is 6. The van der Waals surface area contributed by atoms with Crippen molar-refractivity contribution < 1.29 is 19.0 Å². The van der Waals surface area contributed by atoms with E-state index in [2.05, 4.69) is 15.4 Å². The van der Waals surface area contributed by atoms with Crippen LogP contribution >= 0.6 is 11.6 Å². The summed E-state index contributed by atoms with van der Waals surface area (Å²) in [7, 11) is 0. The highest BCUT2D eigenvalue weighted by atomic mass is 35.5. The van der Waals surface area contributed by atoms with Crippen molar-refractivity contribution in [1.29, 1.82) is 0 Å². The lowest BCUT2D eigenvalue weighted by atomic mass is 10.2. The van der Waals surface area contributed by atoms with E-state index < -0.39 is 5.97 Å². The molecule has 1 aliphatic heterocycles. The van der Waals surface area contributed by atoms with Crippen LogP contribution in [0.5, 0.6) is 11.5 Å². The van der Waals surface area contributed by atoms with Gasteiger partial charge in [0, 0.05) is 6.08 Å². The van der Waals surface area contributed by atoms with E-state index >= 15 is 0 Å². The summed E-state index contributed by atoms with van der Waals surface area (Å²) in [5, 5.41) is 10.9. The van der Waals surface area contributed by atoms with Crippen LogP contribution in [0, 0.1) is 0 Å². The zero-order valence-electron chi connectivity index (χ0n) is 12.9. The maximum atomic E-state index is 11.9. The van der Waals surface area contributed by atoms with Crippen molar-refractivity contribution in [2.24, 2.45) is 0 Å². The number of H-pyrrole nitrogens is 1. The lowest BCUT2D eigenvalue weighted by Crippen LogP contribution is -2.00. The zero-order chi connectivity index (χ0) is 17.2. The molecule has 0 atom stereocenters. The molecule has 0 radical (unpaired) electrons. The highest BCUT2D eigenvalue weighted by Gasteiger charge is 2.17. The van der Waals surface area contributed by atoms with Gasteiger partial charge in [0.1, 0.15) is 17.6 Å². The molecule has 0 unspecified atom stereocenters.